The number of carbonyl (C=O) groups excluding carboxylic acids is 2. The van der Waals surface area contributed by atoms with Crippen molar-refractivity contribution >= 4 is 23.0 Å². The first-order valence-electron chi connectivity index (χ1n) is 6.30. The van der Waals surface area contributed by atoms with Crippen molar-refractivity contribution in [3.05, 3.63) is 48.0 Å². The molecule has 0 fully saturated rings. The van der Waals surface area contributed by atoms with Gasteiger partial charge in [0.1, 0.15) is 6.29 Å². The van der Waals surface area contributed by atoms with Crippen LogP contribution in [0.25, 0.3) is 10.8 Å². The molecule has 0 aromatic heterocycles. The van der Waals surface area contributed by atoms with Gasteiger partial charge in [-0.3, -0.25) is 4.79 Å². The highest BCUT2D eigenvalue weighted by molar-refractivity contribution is 5.86. The van der Waals surface area contributed by atoms with Gasteiger partial charge in [0.05, 0.1) is 13.2 Å². The van der Waals surface area contributed by atoms with Crippen LogP contribution in [0.4, 0.5) is 0 Å². The van der Waals surface area contributed by atoms with Gasteiger partial charge in [-0.05, 0) is 22.8 Å². The van der Waals surface area contributed by atoms with E-state index in [1.165, 1.54) is 24.8 Å². The van der Waals surface area contributed by atoms with Gasteiger partial charge in [-0.25, -0.2) is 0 Å². The number of fused-ring (bicyclic) bond motifs is 1. The summed E-state index contributed by atoms with van der Waals surface area (Å²) in [6, 6.07) is 13.8. The van der Waals surface area contributed by atoms with E-state index < -0.39 is 6.04 Å². The van der Waals surface area contributed by atoms with Crippen LogP contribution in [-0.2, 0) is 20.7 Å². The highest BCUT2D eigenvalue weighted by atomic mass is 16.5. The van der Waals surface area contributed by atoms with Gasteiger partial charge in [0.2, 0.25) is 0 Å². The molecule has 0 radical (unpaired) electrons. The second-order valence-corrected chi connectivity index (χ2v) is 4.34. The quantitative estimate of drug-likeness (QED) is 0.686. The number of nitrogens with two attached hydrogens (primary N) is 1. The third-order valence-electron chi connectivity index (χ3n) is 2.80. The maximum atomic E-state index is 10.5. The largest absolute Gasteiger partial charge is 0.469 e. The Kier molecular flexibility index (Phi) is 6.40. The SMILES string of the molecule is COC(C)=O.NC(C=O)Cc1cccc2ccccc12. The summed E-state index contributed by atoms with van der Waals surface area (Å²) in [7, 11) is 1.35. The topological polar surface area (TPSA) is 69.4 Å². The second-order valence-electron chi connectivity index (χ2n) is 4.34. The van der Waals surface area contributed by atoms with E-state index in [1.807, 2.05) is 24.3 Å². The summed E-state index contributed by atoms with van der Waals surface area (Å²) in [6.07, 6.45) is 1.40. The molecule has 2 rings (SSSR count). The minimum Gasteiger partial charge on any atom is -0.469 e. The molecule has 0 aliphatic heterocycles. The van der Waals surface area contributed by atoms with Crippen LogP contribution in [0, 0.1) is 0 Å². The number of benzene rings is 2. The number of aldehydes is 1. The fourth-order valence-corrected chi connectivity index (χ4v) is 1.77. The Bertz CT molecular complexity index is 575. The molecule has 106 valence electrons. The molecule has 1 unspecified atom stereocenters. The van der Waals surface area contributed by atoms with Gasteiger partial charge in [0, 0.05) is 6.92 Å². The Morgan fingerprint density at radius 3 is 2.45 bits per heavy atom. The summed E-state index contributed by atoms with van der Waals surface area (Å²) >= 11 is 0. The molecule has 2 aromatic rings. The number of esters is 1. The van der Waals surface area contributed by atoms with Gasteiger partial charge in [-0.15, -0.1) is 0 Å². The lowest BCUT2D eigenvalue weighted by Gasteiger charge is -2.07. The third-order valence-corrected chi connectivity index (χ3v) is 2.80. The molecule has 20 heavy (non-hydrogen) atoms. The summed E-state index contributed by atoms with van der Waals surface area (Å²) in [6.45, 7) is 1.36. The first-order valence-corrected chi connectivity index (χ1v) is 6.30. The predicted octanol–water partition coefficient (Wildman–Crippen LogP) is 2.09. The lowest BCUT2D eigenvalue weighted by atomic mass is 10.00. The van der Waals surface area contributed by atoms with Crippen LogP contribution < -0.4 is 5.73 Å². The van der Waals surface area contributed by atoms with E-state index in [2.05, 4.69) is 22.9 Å². The molecular formula is C16H19NO3. The molecule has 0 saturated heterocycles. The van der Waals surface area contributed by atoms with Crippen LogP contribution in [0.5, 0.6) is 0 Å². The van der Waals surface area contributed by atoms with Crippen molar-refractivity contribution in [2.45, 2.75) is 19.4 Å². The van der Waals surface area contributed by atoms with Crippen molar-refractivity contribution in [2.24, 2.45) is 5.73 Å². The monoisotopic (exact) mass is 273 g/mol. The fourth-order valence-electron chi connectivity index (χ4n) is 1.77. The number of ether oxygens (including phenoxy) is 1. The Morgan fingerprint density at radius 2 is 1.85 bits per heavy atom. The average Bonchev–Trinajstić information content (AvgIpc) is 2.48. The van der Waals surface area contributed by atoms with Gasteiger partial charge in [-0.2, -0.15) is 0 Å². The van der Waals surface area contributed by atoms with Gasteiger partial charge >= 0.3 is 5.97 Å². The van der Waals surface area contributed by atoms with E-state index in [9.17, 15) is 9.59 Å². The summed E-state index contributed by atoms with van der Waals surface area (Å²) in [4.78, 5) is 20.1. The van der Waals surface area contributed by atoms with Crippen molar-refractivity contribution < 1.29 is 14.3 Å². The molecule has 2 aromatic carbocycles. The van der Waals surface area contributed by atoms with Gasteiger partial charge in [0.25, 0.3) is 0 Å². The second kappa shape index (κ2) is 8.07. The van der Waals surface area contributed by atoms with Gasteiger partial charge in [-0.1, -0.05) is 42.5 Å². The average molecular weight is 273 g/mol. The maximum Gasteiger partial charge on any atom is 0.302 e. The van der Waals surface area contributed by atoms with Crippen molar-refractivity contribution in [1.82, 2.24) is 0 Å². The number of hydrogen-bond donors (Lipinski definition) is 1. The highest BCUT2D eigenvalue weighted by Gasteiger charge is 2.05. The smallest absolute Gasteiger partial charge is 0.302 e. The standard InChI is InChI=1S/C13H13NO.C3H6O2/c14-12(9-15)8-11-6-3-5-10-4-1-2-7-13(10)11;1-3(4)5-2/h1-7,9,12H,8,14H2;1-2H3. The summed E-state index contributed by atoms with van der Waals surface area (Å²) in [5, 5.41) is 2.37. The highest BCUT2D eigenvalue weighted by Crippen LogP contribution is 2.19. The molecule has 4 heteroatoms. The van der Waals surface area contributed by atoms with Gasteiger partial charge < -0.3 is 15.3 Å². The number of hydrogen-bond acceptors (Lipinski definition) is 4. The van der Waals surface area contributed by atoms with Crippen LogP contribution in [-0.4, -0.2) is 25.4 Å². The molecule has 0 bridgehead atoms. The molecule has 4 nitrogen and oxygen atoms in total. The maximum absolute atomic E-state index is 10.5. The number of methoxy groups -OCH3 is 1. The fraction of sp³-hybridized carbons (Fsp3) is 0.250. The lowest BCUT2D eigenvalue weighted by Crippen LogP contribution is -2.24. The van der Waals surface area contributed by atoms with Crippen molar-refractivity contribution in [1.29, 1.82) is 0 Å². The number of carbonyl (C=O) groups is 2. The minimum absolute atomic E-state index is 0.245. The Balaban J connectivity index is 0.000000347. The molecule has 2 N–H and O–H groups in total. The van der Waals surface area contributed by atoms with Crippen LogP contribution in [0.2, 0.25) is 0 Å². The summed E-state index contributed by atoms with van der Waals surface area (Å²) in [5.41, 5.74) is 6.76. The molecule has 0 aliphatic carbocycles. The first kappa shape index (κ1) is 15.9. The van der Waals surface area contributed by atoms with Gasteiger partial charge in [0.15, 0.2) is 0 Å². The summed E-state index contributed by atoms with van der Waals surface area (Å²) in [5.74, 6) is -0.245. The Labute approximate surface area is 118 Å². The van der Waals surface area contributed by atoms with Crippen LogP contribution >= 0.6 is 0 Å². The van der Waals surface area contributed by atoms with E-state index in [1.54, 1.807) is 0 Å². The zero-order valence-electron chi connectivity index (χ0n) is 11.7. The van der Waals surface area contributed by atoms with E-state index >= 15 is 0 Å². The molecule has 0 spiro atoms. The zero-order valence-corrected chi connectivity index (χ0v) is 11.7. The van der Waals surface area contributed by atoms with E-state index in [0.29, 0.717) is 6.42 Å². The minimum atomic E-state index is -0.407. The van der Waals surface area contributed by atoms with E-state index in [4.69, 9.17) is 5.73 Å². The molecule has 0 aliphatic rings. The molecule has 0 saturated carbocycles. The third kappa shape index (κ3) is 4.82. The Hall–Kier alpha value is -2.20. The zero-order chi connectivity index (χ0) is 15.0. The van der Waals surface area contributed by atoms with Crippen molar-refractivity contribution in [3.63, 3.8) is 0 Å². The van der Waals surface area contributed by atoms with E-state index in [0.717, 1.165) is 11.8 Å². The molecular weight excluding hydrogens is 254 g/mol. The molecule has 1 atom stereocenters. The number of rotatable bonds is 3. The summed E-state index contributed by atoms with van der Waals surface area (Å²) < 4.78 is 4.11. The van der Waals surface area contributed by atoms with Crippen molar-refractivity contribution in [3.8, 4) is 0 Å². The predicted molar refractivity (Wildman–Crippen MR) is 79.4 cm³/mol. The first-order chi connectivity index (χ1) is 9.58. The lowest BCUT2D eigenvalue weighted by molar-refractivity contribution is -0.137. The van der Waals surface area contributed by atoms with Crippen molar-refractivity contribution in [2.75, 3.05) is 7.11 Å². The molecule has 0 amide bonds. The Morgan fingerprint density at radius 1 is 1.25 bits per heavy atom. The van der Waals surface area contributed by atoms with Crippen LogP contribution in [0.3, 0.4) is 0 Å². The normalized spacial score (nSPS) is 11.2. The van der Waals surface area contributed by atoms with Crippen LogP contribution in [0.15, 0.2) is 42.5 Å². The molecule has 0 heterocycles. The van der Waals surface area contributed by atoms with E-state index in [-0.39, 0.29) is 5.97 Å². The van der Waals surface area contributed by atoms with Crippen LogP contribution in [0.1, 0.15) is 12.5 Å².